The molecule has 2 aromatic heterocycles. The first-order valence-corrected chi connectivity index (χ1v) is 12.1. The molecule has 5 aromatic rings. The van der Waals surface area contributed by atoms with Gasteiger partial charge in [-0.25, -0.2) is 0 Å². The van der Waals surface area contributed by atoms with E-state index in [9.17, 15) is 9.59 Å². The number of halogens is 1. The second-order valence-electron chi connectivity index (χ2n) is 6.84. The third kappa shape index (κ3) is 4.08. The van der Waals surface area contributed by atoms with E-state index < -0.39 is 14.5 Å². The van der Waals surface area contributed by atoms with Gasteiger partial charge in [0.1, 0.15) is 0 Å². The van der Waals surface area contributed by atoms with E-state index in [1.165, 1.54) is 0 Å². The van der Waals surface area contributed by atoms with E-state index in [0.29, 0.717) is 20.1 Å². The van der Waals surface area contributed by atoms with Crippen molar-refractivity contribution in [3.05, 3.63) is 110 Å². The molecule has 1 amide bonds. The normalized spacial score (nSPS) is 11.7. The summed E-state index contributed by atoms with van der Waals surface area (Å²) >= 11 is 2.85. The van der Waals surface area contributed by atoms with Crippen molar-refractivity contribution in [1.29, 1.82) is 0 Å². The SMILES string of the molecule is O=C(N=c1[se]c(C(=O)c2cc3cc(Br)ccc3o2)nn1-c1ccccc1)c1ccccc1. The van der Waals surface area contributed by atoms with Gasteiger partial charge in [0.15, 0.2) is 0 Å². The molecule has 0 fully saturated rings. The topological polar surface area (TPSA) is 77.5 Å². The van der Waals surface area contributed by atoms with E-state index in [4.69, 9.17) is 4.42 Å². The molecule has 0 spiro atoms. The Bertz CT molecular complexity index is 1520. The molecule has 0 bridgehead atoms. The molecule has 5 rings (SSSR count). The summed E-state index contributed by atoms with van der Waals surface area (Å²) in [6, 6.07) is 25.4. The zero-order valence-corrected chi connectivity index (χ0v) is 19.7. The van der Waals surface area contributed by atoms with Crippen molar-refractivity contribution < 1.29 is 14.0 Å². The van der Waals surface area contributed by atoms with Crippen LogP contribution < -0.4 is 4.36 Å². The van der Waals surface area contributed by atoms with Crippen LogP contribution in [-0.2, 0) is 0 Å². The molecular weight excluding hydrogens is 537 g/mol. The van der Waals surface area contributed by atoms with Gasteiger partial charge in [0, 0.05) is 0 Å². The molecule has 8 heteroatoms. The molecule has 156 valence electrons. The Hall–Kier alpha value is -3.32. The van der Waals surface area contributed by atoms with Gasteiger partial charge in [-0.05, 0) is 0 Å². The summed E-state index contributed by atoms with van der Waals surface area (Å²) in [6.45, 7) is 0. The Labute approximate surface area is 196 Å². The van der Waals surface area contributed by atoms with Crippen LogP contribution in [0, 0.1) is 0 Å². The number of hydrogen-bond donors (Lipinski definition) is 0. The monoisotopic (exact) mass is 551 g/mol. The molecule has 0 N–H and O–H groups in total. The maximum absolute atomic E-state index is 13.2. The number of rotatable bonds is 4. The predicted molar refractivity (Wildman–Crippen MR) is 124 cm³/mol. The predicted octanol–water partition coefficient (Wildman–Crippen LogP) is 4.41. The number of ketones is 1. The van der Waals surface area contributed by atoms with Crippen LogP contribution in [0.5, 0.6) is 0 Å². The summed E-state index contributed by atoms with van der Waals surface area (Å²) in [7, 11) is 0. The second-order valence-corrected chi connectivity index (χ2v) is 9.76. The molecular formula is C24H14BrN3O3Se. The van der Waals surface area contributed by atoms with Gasteiger partial charge in [-0.3, -0.25) is 0 Å². The molecule has 2 heterocycles. The van der Waals surface area contributed by atoms with Gasteiger partial charge < -0.3 is 0 Å². The van der Waals surface area contributed by atoms with Crippen molar-refractivity contribution in [3.63, 3.8) is 0 Å². The molecule has 3 aromatic carbocycles. The minimum atomic E-state index is -0.572. The fourth-order valence-electron chi connectivity index (χ4n) is 3.15. The summed E-state index contributed by atoms with van der Waals surface area (Å²) in [5, 5.41) is 5.35. The van der Waals surface area contributed by atoms with Crippen LogP contribution in [-0.4, -0.2) is 36.0 Å². The zero-order chi connectivity index (χ0) is 22.1. The average molecular weight is 551 g/mol. The van der Waals surface area contributed by atoms with Crippen LogP contribution in [0.15, 0.2) is 98.8 Å². The van der Waals surface area contributed by atoms with Gasteiger partial charge in [-0.15, -0.1) is 0 Å². The van der Waals surface area contributed by atoms with Crippen molar-refractivity contribution in [3.8, 4) is 5.69 Å². The molecule has 6 nitrogen and oxygen atoms in total. The molecule has 0 aliphatic carbocycles. The van der Waals surface area contributed by atoms with Crippen LogP contribution >= 0.6 is 15.9 Å². The van der Waals surface area contributed by atoms with Gasteiger partial charge in [0.2, 0.25) is 0 Å². The van der Waals surface area contributed by atoms with Crippen molar-refractivity contribution in [2.24, 2.45) is 4.99 Å². The molecule has 0 aliphatic rings. The summed E-state index contributed by atoms with van der Waals surface area (Å²) in [6.07, 6.45) is 0. The van der Waals surface area contributed by atoms with Crippen molar-refractivity contribution in [2.45, 2.75) is 0 Å². The van der Waals surface area contributed by atoms with Crippen molar-refractivity contribution in [2.75, 3.05) is 0 Å². The van der Waals surface area contributed by atoms with Gasteiger partial charge >= 0.3 is 197 Å². The van der Waals surface area contributed by atoms with Crippen LogP contribution in [0.2, 0.25) is 0 Å². The summed E-state index contributed by atoms with van der Waals surface area (Å²) < 4.78 is 8.98. The van der Waals surface area contributed by atoms with E-state index in [-0.39, 0.29) is 17.5 Å². The van der Waals surface area contributed by atoms with E-state index in [1.54, 1.807) is 41.1 Å². The molecule has 0 saturated carbocycles. The number of carbonyl (C=O) groups is 2. The van der Waals surface area contributed by atoms with Gasteiger partial charge in [-0.1, -0.05) is 0 Å². The van der Waals surface area contributed by atoms with Crippen molar-refractivity contribution >= 4 is 53.1 Å². The van der Waals surface area contributed by atoms with E-state index in [1.807, 2.05) is 48.5 Å². The Balaban J connectivity index is 1.61. The van der Waals surface area contributed by atoms with E-state index >= 15 is 0 Å². The number of furan rings is 1. The molecule has 0 aliphatic heterocycles. The Morgan fingerprint density at radius 3 is 2.41 bits per heavy atom. The number of benzene rings is 3. The number of amides is 1. The fraction of sp³-hybridized carbons (Fsp3) is 0. The molecule has 0 atom stereocenters. The summed E-state index contributed by atoms with van der Waals surface area (Å²) in [4.78, 5) is 30.2. The molecule has 0 unspecified atom stereocenters. The Kier molecular flexibility index (Phi) is 5.57. The number of nitrogens with zero attached hydrogens (tertiary/aromatic N) is 3. The number of fused-ring (bicyclic) bond motifs is 1. The number of para-hydroxylation sites is 1. The fourth-order valence-corrected chi connectivity index (χ4v) is 5.31. The maximum atomic E-state index is 13.2. The van der Waals surface area contributed by atoms with Gasteiger partial charge in [0.25, 0.3) is 0 Å². The van der Waals surface area contributed by atoms with Gasteiger partial charge in [0.05, 0.1) is 0 Å². The van der Waals surface area contributed by atoms with Crippen LogP contribution in [0.3, 0.4) is 0 Å². The zero-order valence-electron chi connectivity index (χ0n) is 16.4. The summed E-state index contributed by atoms with van der Waals surface area (Å²) in [5.74, 6) is -0.473. The third-order valence-electron chi connectivity index (χ3n) is 4.68. The van der Waals surface area contributed by atoms with Crippen LogP contribution in [0.25, 0.3) is 16.7 Å². The first kappa shape index (κ1) is 20.6. The molecule has 32 heavy (non-hydrogen) atoms. The van der Waals surface area contributed by atoms with Crippen LogP contribution in [0.4, 0.5) is 0 Å². The quantitative estimate of drug-likeness (QED) is 0.245. The Morgan fingerprint density at radius 1 is 0.938 bits per heavy atom. The third-order valence-corrected chi connectivity index (χ3v) is 7.07. The average Bonchev–Trinajstić information content (AvgIpc) is 3.44. The molecule has 0 radical (unpaired) electrons. The number of aromatic nitrogens is 2. The minimum absolute atomic E-state index is 0.211. The van der Waals surface area contributed by atoms with Crippen molar-refractivity contribution in [1.82, 2.24) is 9.78 Å². The van der Waals surface area contributed by atoms with Gasteiger partial charge in [-0.2, -0.15) is 0 Å². The second kappa shape index (κ2) is 8.67. The number of carbonyl (C=O) groups excluding carboxylic acids is 2. The van der Waals surface area contributed by atoms with Crippen LogP contribution in [0.1, 0.15) is 25.5 Å². The summed E-state index contributed by atoms with van der Waals surface area (Å²) in [5.41, 5.74) is 1.83. The number of hydrogen-bond acceptors (Lipinski definition) is 4. The first-order chi connectivity index (χ1) is 15.6. The first-order valence-electron chi connectivity index (χ1n) is 9.62. The Morgan fingerprint density at radius 2 is 1.66 bits per heavy atom. The molecule has 0 saturated heterocycles. The van der Waals surface area contributed by atoms with E-state index in [2.05, 4.69) is 26.0 Å². The van der Waals surface area contributed by atoms with E-state index in [0.717, 1.165) is 15.5 Å². The standard InChI is InChI=1S/C24H14BrN3O3Se/c25-17-11-12-19-16(13-17)14-20(31-19)21(29)23-27-28(18-9-5-2-6-10-18)24(32-23)26-22(30)15-7-3-1-4-8-15/h1-14H.